The van der Waals surface area contributed by atoms with Gasteiger partial charge in [-0.3, -0.25) is 19.6 Å². The van der Waals surface area contributed by atoms with Crippen LogP contribution in [0, 0.1) is 22.5 Å². The molecule has 1 atom stereocenters. The van der Waals surface area contributed by atoms with Crippen molar-refractivity contribution in [3.63, 3.8) is 0 Å². The topological polar surface area (TPSA) is 90.1 Å². The van der Waals surface area contributed by atoms with Gasteiger partial charge in [-0.15, -0.1) is 6.42 Å². The highest BCUT2D eigenvalue weighted by molar-refractivity contribution is 5.76. The monoisotopic (exact) mass is 312 g/mol. The predicted molar refractivity (Wildman–Crippen MR) is 84.3 cm³/mol. The first-order valence-electron chi connectivity index (χ1n) is 7.07. The lowest BCUT2D eigenvalue weighted by Gasteiger charge is -2.13. The van der Waals surface area contributed by atoms with Crippen LogP contribution in [0.1, 0.15) is 24.4 Å². The molecular formula is C16H16N4O3. The van der Waals surface area contributed by atoms with Crippen molar-refractivity contribution in [3.05, 3.63) is 58.4 Å². The Kier molecular flexibility index (Phi) is 5.47. The van der Waals surface area contributed by atoms with Gasteiger partial charge in [0.1, 0.15) is 18.4 Å². The van der Waals surface area contributed by atoms with E-state index in [-0.39, 0.29) is 18.0 Å². The van der Waals surface area contributed by atoms with E-state index in [2.05, 4.69) is 16.3 Å². The largest absolute Gasteiger partial charge is 0.338 e. The van der Waals surface area contributed by atoms with Crippen molar-refractivity contribution in [1.82, 2.24) is 15.1 Å². The summed E-state index contributed by atoms with van der Waals surface area (Å²) in [4.78, 5) is 22.0. The van der Waals surface area contributed by atoms with Crippen molar-refractivity contribution in [2.24, 2.45) is 0 Å². The first-order valence-corrected chi connectivity index (χ1v) is 7.07. The molecule has 7 heteroatoms. The summed E-state index contributed by atoms with van der Waals surface area (Å²) in [5.41, 5.74) is 0.789. The minimum absolute atomic E-state index is 0.0640. The van der Waals surface area contributed by atoms with Crippen molar-refractivity contribution in [2.45, 2.75) is 25.4 Å². The van der Waals surface area contributed by atoms with Crippen LogP contribution in [0.25, 0.3) is 0 Å². The van der Waals surface area contributed by atoms with Crippen molar-refractivity contribution in [1.29, 1.82) is 0 Å². The fourth-order valence-electron chi connectivity index (χ4n) is 2.07. The Morgan fingerprint density at radius 1 is 1.43 bits per heavy atom. The van der Waals surface area contributed by atoms with E-state index in [1.807, 2.05) is 30.3 Å². The quantitative estimate of drug-likeness (QED) is 0.481. The lowest BCUT2D eigenvalue weighted by molar-refractivity contribution is -0.385. The van der Waals surface area contributed by atoms with Gasteiger partial charge in [-0.1, -0.05) is 36.3 Å². The molecule has 0 aliphatic heterocycles. The van der Waals surface area contributed by atoms with Crippen LogP contribution in [0.3, 0.4) is 0 Å². The predicted octanol–water partition coefficient (Wildman–Crippen LogP) is 2.06. The Hall–Kier alpha value is -3.14. The van der Waals surface area contributed by atoms with Crippen molar-refractivity contribution in [2.75, 3.05) is 0 Å². The molecule has 1 heterocycles. The average Bonchev–Trinajstić information content (AvgIpc) is 3.02. The molecule has 7 nitrogen and oxygen atoms in total. The van der Waals surface area contributed by atoms with E-state index in [0.717, 1.165) is 5.56 Å². The number of carbonyl (C=O) groups is 1. The lowest BCUT2D eigenvalue weighted by atomic mass is 10.1. The number of nitro groups is 1. The van der Waals surface area contributed by atoms with Crippen LogP contribution < -0.4 is 5.32 Å². The van der Waals surface area contributed by atoms with E-state index < -0.39 is 11.0 Å². The number of amides is 1. The van der Waals surface area contributed by atoms with Crippen LogP contribution in [0.4, 0.5) is 5.69 Å². The molecule has 1 amide bonds. The number of aryl methyl sites for hydroxylation is 1. The van der Waals surface area contributed by atoms with Gasteiger partial charge < -0.3 is 5.32 Å². The van der Waals surface area contributed by atoms with Gasteiger partial charge >= 0.3 is 5.69 Å². The molecule has 0 fully saturated rings. The van der Waals surface area contributed by atoms with Gasteiger partial charge in [-0.05, 0) is 12.0 Å². The zero-order valence-electron chi connectivity index (χ0n) is 12.4. The Morgan fingerprint density at radius 3 is 2.78 bits per heavy atom. The highest BCUT2D eigenvalue weighted by atomic mass is 16.6. The average molecular weight is 312 g/mol. The first kappa shape index (κ1) is 16.2. The maximum Gasteiger partial charge on any atom is 0.306 e. The molecule has 1 aromatic heterocycles. The molecule has 0 radical (unpaired) electrons. The van der Waals surface area contributed by atoms with Crippen LogP contribution in [0.5, 0.6) is 0 Å². The molecule has 1 N–H and O–H groups in total. The number of carbonyl (C=O) groups excluding carboxylic acids is 1. The van der Waals surface area contributed by atoms with Crippen molar-refractivity contribution in [3.8, 4) is 12.3 Å². The van der Waals surface area contributed by atoms with Gasteiger partial charge in [0.15, 0.2) is 0 Å². The summed E-state index contributed by atoms with van der Waals surface area (Å²) >= 11 is 0. The van der Waals surface area contributed by atoms with Crippen LogP contribution in [0.15, 0.2) is 42.7 Å². The van der Waals surface area contributed by atoms with Crippen LogP contribution in [-0.2, 0) is 11.3 Å². The Morgan fingerprint density at radius 2 is 2.17 bits per heavy atom. The molecule has 0 saturated carbocycles. The SMILES string of the molecule is C#CC(NC(=O)CCCn1cc([N+](=O)[O-])cn1)c1ccccc1. The second-order valence-corrected chi connectivity index (χ2v) is 4.90. The summed E-state index contributed by atoms with van der Waals surface area (Å²) in [5.74, 6) is 2.38. The molecule has 0 spiro atoms. The van der Waals surface area contributed by atoms with Crippen molar-refractivity contribution < 1.29 is 9.72 Å². The molecule has 1 aromatic carbocycles. The molecular weight excluding hydrogens is 296 g/mol. The zero-order valence-corrected chi connectivity index (χ0v) is 12.4. The Labute approximate surface area is 133 Å². The number of aromatic nitrogens is 2. The number of nitrogens with zero attached hydrogens (tertiary/aromatic N) is 3. The van der Waals surface area contributed by atoms with E-state index in [0.29, 0.717) is 13.0 Å². The van der Waals surface area contributed by atoms with Gasteiger partial charge in [-0.2, -0.15) is 5.10 Å². The minimum atomic E-state index is -0.506. The molecule has 0 bridgehead atoms. The molecule has 118 valence electrons. The molecule has 2 aromatic rings. The Bertz CT molecular complexity index is 718. The first-order chi connectivity index (χ1) is 11.1. The summed E-state index contributed by atoms with van der Waals surface area (Å²) in [5, 5.41) is 17.2. The molecule has 2 rings (SSSR count). The van der Waals surface area contributed by atoms with Crippen molar-refractivity contribution >= 4 is 11.6 Å². The maximum atomic E-state index is 11.9. The smallest absolute Gasteiger partial charge is 0.306 e. The normalized spacial score (nSPS) is 11.4. The van der Waals surface area contributed by atoms with E-state index in [9.17, 15) is 14.9 Å². The van der Waals surface area contributed by atoms with E-state index in [1.165, 1.54) is 17.1 Å². The van der Waals surface area contributed by atoms with Gasteiger partial charge in [0, 0.05) is 13.0 Å². The second kappa shape index (κ2) is 7.75. The van der Waals surface area contributed by atoms with Crippen LogP contribution >= 0.6 is 0 Å². The standard InChI is InChI=1S/C16H16N4O3/c1-2-15(13-7-4-3-5-8-13)18-16(21)9-6-10-19-12-14(11-17-19)20(22)23/h1,3-5,7-8,11-12,15H,6,9-10H2,(H,18,21). The zero-order chi connectivity index (χ0) is 16.7. The molecule has 1 unspecified atom stereocenters. The number of benzene rings is 1. The van der Waals surface area contributed by atoms with Gasteiger partial charge in [0.2, 0.25) is 5.91 Å². The van der Waals surface area contributed by atoms with Gasteiger partial charge in [0.25, 0.3) is 0 Å². The third kappa shape index (κ3) is 4.68. The molecule has 0 saturated heterocycles. The minimum Gasteiger partial charge on any atom is -0.338 e. The highest BCUT2D eigenvalue weighted by Crippen LogP contribution is 2.12. The maximum absolute atomic E-state index is 11.9. The number of hydrogen-bond donors (Lipinski definition) is 1. The highest BCUT2D eigenvalue weighted by Gasteiger charge is 2.12. The van der Waals surface area contributed by atoms with Gasteiger partial charge in [0.05, 0.1) is 4.92 Å². The summed E-state index contributed by atoms with van der Waals surface area (Å²) in [6.07, 6.45) is 8.76. The molecule has 0 aliphatic carbocycles. The lowest BCUT2D eigenvalue weighted by Crippen LogP contribution is -2.27. The fourth-order valence-corrected chi connectivity index (χ4v) is 2.07. The summed E-state index contributed by atoms with van der Waals surface area (Å²) in [6.45, 7) is 0.424. The molecule has 23 heavy (non-hydrogen) atoms. The van der Waals surface area contributed by atoms with E-state index in [1.54, 1.807) is 0 Å². The summed E-state index contributed by atoms with van der Waals surface area (Å²) in [6, 6.07) is 8.84. The third-order valence-electron chi connectivity index (χ3n) is 3.23. The third-order valence-corrected chi connectivity index (χ3v) is 3.23. The molecule has 0 aliphatic rings. The van der Waals surface area contributed by atoms with Gasteiger partial charge in [-0.25, -0.2) is 0 Å². The number of nitrogens with one attached hydrogen (secondary N) is 1. The summed E-state index contributed by atoms with van der Waals surface area (Å²) in [7, 11) is 0. The number of rotatable bonds is 7. The second-order valence-electron chi connectivity index (χ2n) is 4.90. The van der Waals surface area contributed by atoms with Crippen LogP contribution in [-0.4, -0.2) is 20.6 Å². The fraction of sp³-hybridized carbons (Fsp3) is 0.250. The van der Waals surface area contributed by atoms with Crippen LogP contribution in [0.2, 0.25) is 0 Å². The number of hydrogen-bond acceptors (Lipinski definition) is 4. The van der Waals surface area contributed by atoms with E-state index in [4.69, 9.17) is 6.42 Å². The van der Waals surface area contributed by atoms with E-state index >= 15 is 0 Å². The summed E-state index contributed by atoms with van der Waals surface area (Å²) < 4.78 is 1.45. The number of terminal acetylenes is 1. The Balaban J connectivity index is 1.80.